The topological polar surface area (TPSA) is 401 Å². The highest BCUT2D eigenvalue weighted by molar-refractivity contribution is 6.61. The maximum absolute atomic E-state index is 13.6. The van der Waals surface area contributed by atoms with E-state index in [0.717, 1.165) is 77.7 Å². The Kier molecular flexibility index (Phi) is 45.1. The lowest BCUT2D eigenvalue weighted by molar-refractivity contribution is -0.137. The minimum Gasteiger partial charge on any atom is -0.497 e. The number of aryl methyl sites for hydroxylation is 2. The first-order valence-corrected chi connectivity index (χ1v) is 44.1. The van der Waals surface area contributed by atoms with E-state index in [1.54, 1.807) is 111 Å². The van der Waals surface area contributed by atoms with Gasteiger partial charge in [0.1, 0.15) is 140 Å². The second kappa shape index (κ2) is 57.2. The number of hydrogen-bond donors (Lipinski definition) is 16. The first kappa shape index (κ1) is 118. The molecule has 16 rings (SSSR count). The normalized spacial score (nSPS) is 10.4. The van der Waals surface area contributed by atoms with E-state index < -0.39 is 127 Å². The second-order valence-electron chi connectivity index (χ2n) is 31.7. The molecule has 16 aromatic rings. The maximum Gasteiger partial charge on any atom is 0.491 e. The van der Waals surface area contributed by atoms with E-state index in [9.17, 15) is 61.5 Å². The van der Waals surface area contributed by atoms with Crippen LogP contribution in [-0.2, 0) is 12.8 Å². The smallest absolute Gasteiger partial charge is 0.491 e. The highest BCUT2D eigenvalue weighted by atomic mass is 19.4. The summed E-state index contributed by atoms with van der Waals surface area (Å²) in [6.07, 6.45) is -4.78. The summed E-state index contributed by atoms with van der Waals surface area (Å²) in [5.74, 6) is -2.23. The summed E-state index contributed by atoms with van der Waals surface area (Å²) < 4.78 is 226. The van der Waals surface area contributed by atoms with Gasteiger partial charge in [-0.1, -0.05) is 115 Å². The van der Waals surface area contributed by atoms with Gasteiger partial charge in [-0.15, -0.1) is 0 Å². The number of alkyl halides is 3. The third-order valence-electron chi connectivity index (χ3n) is 20.3. The van der Waals surface area contributed by atoms with Crippen LogP contribution in [0.4, 0.5) is 67.2 Å². The number of nitrogens with zero attached hydrogens (tertiary/aromatic N) is 1. The molecule has 16 N–H and O–H groups in total. The van der Waals surface area contributed by atoms with Crippen molar-refractivity contribution >= 4 is 106 Å². The zero-order chi connectivity index (χ0) is 110. The lowest BCUT2D eigenvalue weighted by Crippen LogP contribution is -2.35. The van der Waals surface area contributed by atoms with E-state index in [0.29, 0.717) is 68.0 Å². The summed E-state index contributed by atoms with van der Waals surface area (Å²) >= 11 is 0. The molecule has 0 unspecified atom stereocenters. The van der Waals surface area contributed by atoms with Crippen molar-refractivity contribution in [2.24, 2.45) is 0 Å². The van der Waals surface area contributed by atoms with Crippen LogP contribution in [0, 0.1) is 77.8 Å². The van der Waals surface area contributed by atoms with Crippen LogP contribution in [-0.4, -0.2) is 159 Å². The van der Waals surface area contributed by atoms with Gasteiger partial charge in [-0.25, -0.2) is 48.3 Å². The fraction of sp³-hybridized carbons (Fsp3) is 0.0680. The van der Waals surface area contributed by atoms with Crippen LogP contribution in [0.15, 0.2) is 340 Å². The van der Waals surface area contributed by atoms with Gasteiger partial charge in [-0.05, 0) is 233 Å². The standard InChI is InChI=1S/C14H13BF2O3.C14H16BNO3.C13H9BF4O3.C13H12BFO4.C13H12BFO3.2C12H9BF2O3.C12H9BF2O2/c1-9-6-10(2-5-13(9)16)8-20-11-3-4-12(15(18)19)14(17)7-11;1-16(2)12-4-3-5-14(10-12)19-13-8-6-11(7-9-13)15(17)18;15-8-2-1-3-9(6-8)21-10-4-5-12(14(19)20)11(7-10)13(16,17)18;1-18-9-3-2-4-10(7-9)19-11-5-6-12(14(16)17)13(15)8-11;1-9-7-12(5-6-13(9)14(16)17)18-11-4-2-3-10(15)8-11;14-9-2-1-3-10(7-9)18-12-5-4-8(13(16)17)6-11(12)15;14-8-2-1-3-9(6-8)18-10-4-5-11(13(16)17)12(15)7-10;14-10-3-1-2-8(6-10)9-4-5-11(13(16)17)12(15)7-9/h2-7,18-19H,8H2,1H3;3-10,17-18H,1-2H3;1-7,19-20H;2-8,16-17H,1H3;2-8,16-17H,1H3;2*1-7,16-17H;1-7,16-17H. The third-order valence-corrected chi connectivity index (χ3v) is 20.3. The Bertz CT molecular complexity index is 6990. The molecule has 0 bridgehead atoms. The summed E-state index contributed by atoms with van der Waals surface area (Å²) in [5, 5.41) is 143. The van der Waals surface area contributed by atoms with Crippen molar-refractivity contribution in [1.82, 2.24) is 0 Å². The van der Waals surface area contributed by atoms with Gasteiger partial charge in [-0.3, -0.25) is 0 Å². The molecule has 0 aromatic heterocycles. The highest BCUT2D eigenvalue weighted by Crippen LogP contribution is 2.35. The molecular weight excluding hydrogens is 1990 g/mol. The van der Waals surface area contributed by atoms with Crippen LogP contribution in [0.5, 0.6) is 80.5 Å². The Labute approximate surface area is 852 Å². The molecule has 0 radical (unpaired) electrons. The minimum atomic E-state index is -4.78. The SMILES string of the molecule is CN(C)c1cccc(Oc2ccc(B(O)O)cc2)c1.COc1cccc(Oc2ccc(B(O)O)c(F)c2)c1.Cc1cc(COc2ccc(B(O)O)c(F)c2)ccc1F.Cc1cc(Oc2cccc(F)c2)ccc1B(O)O.OB(O)c1ccc(-c2cccc(F)c2)cc1F.OB(O)c1ccc(Oc2cccc(F)c2)c(F)c1.OB(O)c1ccc(Oc2cccc(F)c2)cc1C(F)(F)F.OB(O)c1ccc(Oc2cccc(F)c2)cc1F. The fourth-order valence-corrected chi connectivity index (χ4v) is 12.9. The molecule has 0 saturated carbocycles. The zero-order valence-corrected chi connectivity index (χ0v) is 79.3. The number of rotatable bonds is 26. The molecule has 0 fully saturated rings. The van der Waals surface area contributed by atoms with Crippen molar-refractivity contribution in [2.75, 3.05) is 26.1 Å². The summed E-state index contributed by atoms with van der Waals surface area (Å²) in [7, 11) is -8.92. The molecule has 0 spiro atoms. The summed E-state index contributed by atoms with van der Waals surface area (Å²) in [6, 6.07) is 79.0. The molecule has 150 heavy (non-hydrogen) atoms. The van der Waals surface area contributed by atoms with Crippen LogP contribution in [0.3, 0.4) is 0 Å². The van der Waals surface area contributed by atoms with Gasteiger partial charge >= 0.3 is 63.1 Å². The number of methoxy groups -OCH3 is 1. The predicted molar refractivity (Wildman–Crippen MR) is 540 cm³/mol. The van der Waals surface area contributed by atoms with Gasteiger partial charge in [-0.2, -0.15) is 13.2 Å². The van der Waals surface area contributed by atoms with Crippen LogP contribution >= 0.6 is 0 Å². The van der Waals surface area contributed by atoms with E-state index in [2.05, 4.69) is 0 Å². The van der Waals surface area contributed by atoms with Crippen LogP contribution < -0.4 is 86.5 Å². The lowest BCUT2D eigenvalue weighted by Gasteiger charge is -2.14. The highest BCUT2D eigenvalue weighted by Gasteiger charge is 2.37. The van der Waals surface area contributed by atoms with Gasteiger partial charge in [0, 0.05) is 96.2 Å². The molecule has 16 aromatic carbocycles. The largest absolute Gasteiger partial charge is 0.497 e. The van der Waals surface area contributed by atoms with Crippen molar-refractivity contribution in [2.45, 2.75) is 26.6 Å². The van der Waals surface area contributed by atoms with Gasteiger partial charge in [0.15, 0.2) is 11.6 Å². The van der Waals surface area contributed by atoms with Crippen molar-refractivity contribution in [1.29, 1.82) is 0 Å². The first-order chi connectivity index (χ1) is 71.1. The fourth-order valence-electron chi connectivity index (χ4n) is 12.9. The minimum absolute atomic E-state index is 0.0130. The number of halogens is 14. The Hall–Kier alpha value is -15.4. The van der Waals surface area contributed by atoms with Gasteiger partial charge in [0.2, 0.25) is 0 Å². The van der Waals surface area contributed by atoms with Crippen LogP contribution in [0.2, 0.25) is 0 Å². The Morgan fingerprint density at radius 2 is 0.587 bits per heavy atom. The zero-order valence-electron chi connectivity index (χ0n) is 79.3. The number of ether oxygens (including phenoxy) is 8. The Morgan fingerprint density at radius 3 is 0.987 bits per heavy atom. The molecule has 0 aliphatic heterocycles. The molecule has 47 heteroatoms. The molecule has 0 amide bonds. The number of anilines is 1. The Balaban J connectivity index is 0.000000190. The van der Waals surface area contributed by atoms with Crippen molar-refractivity contribution in [3.63, 3.8) is 0 Å². The quantitative estimate of drug-likeness (QED) is 0.0177. The maximum atomic E-state index is 13.6. The van der Waals surface area contributed by atoms with Crippen molar-refractivity contribution in [3.8, 4) is 91.6 Å². The van der Waals surface area contributed by atoms with Crippen LogP contribution in [0.1, 0.15) is 22.3 Å². The van der Waals surface area contributed by atoms with Crippen molar-refractivity contribution < 1.29 is 180 Å². The lowest BCUT2D eigenvalue weighted by atomic mass is 9.77. The average Bonchev–Trinajstić information content (AvgIpc) is 0.809. The first-order valence-electron chi connectivity index (χ1n) is 44.1. The van der Waals surface area contributed by atoms with E-state index in [1.807, 2.05) is 43.3 Å². The van der Waals surface area contributed by atoms with Crippen molar-refractivity contribution in [3.05, 3.63) is 426 Å². The number of hydrogen-bond acceptors (Lipinski definition) is 25. The Morgan fingerprint density at radius 1 is 0.247 bits per heavy atom. The molecule has 0 heterocycles. The predicted octanol–water partition coefficient (Wildman–Crippen LogP) is 12.2. The molecular formula is C103H89B8F14NO24. The molecule has 0 aliphatic carbocycles. The van der Waals surface area contributed by atoms with E-state index in [4.69, 9.17) is 118 Å². The third kappa shape index (κ3) is 38.1. The van der Waals surface area contributed by atoms with E-state index >= 15 is 0 Å². The van der Waals surface area contributed by atoms with Gasteiger partial charge < -0.3 is 123 Å². The van der Waals surface area contributed by atoms with Gasteiger partial charge in [0.05, 0.1) is 12.7 Å². The monoisotopic (exact) mass is 2080 g/mol. The molecule has 25 nitrogen and oxygen atoms in total. The molecule has 0 atom stereocenters. The summed E-state index contributed by atoms with van der Waals surface area (Å²) in [4.78, 5) is 2.00. The van der Waals surface area contributed by atoms with E-state index in [1.165, 1.54) is 159 Å². The summed E-state index contributed by atoms with van der Waals surface area (Å²) in [6.45, 7) is 3.56. The molecule has 772 valence electrons. The second-order valence-corrected chi connectivity index (χ2v) is 31.7. The summed E-state index contributed by atoms with van der Waals surface area (Å²) in [5.41, 5.74) is 2.12. The van der Waals surface area contributed by atoms with Gasteiger partial charge in [0.25, 0.3) is 0 Å². The van der Waals surface area contributed by atoms with E-state index in [-0.39, 0.29) is 91.6 Å². The molecule has 0 aliphatic rings. The average molecular weight is 2080 g/mol. The van der Waals surface area contributed by atoms with Crippen LogP contribution in [0.25, 0.3) is 11.1 Å². The molecule has 0 saturated heterocycles. The number of benzene rings is 16.